The molecule has 0 aromatic heterocycles. The average molecular weight is 247 g/mol. The molecule has 0 saturated carbocycles. The number of nitrogens with zero attached hydrogens (tertiary/aromatic N) is 1. The average Bonchev–Trinajstić information content (AvgIpc) is 2.80. The van der Waals surface area contributed by atoms with Crippen LogP contribution in [0.4, 0.5) is 0 Å². The summed E-state index contributed by atoms with van der Waals surface area (Å²) in [6.07, 6.45) is 8.95. The Bertz CT molecular complexity index is 568. The lowest BCUT2D eigenvalue weighted by Crippen LogP contribution is -2.00. The van der Waals surface area contributed by atoms with E-state index in [-0.39, 0.29) is 10.8 Å². The van der Waals surface area contributed by atoms with Crippen molar-refractivity contribution in [3.63, 3.8) is 0 Å². The first-order chi connectivity index (χ1) is 8.08. The molecular weight excluding hydrogens is 234 g/mol. The van der Waals surface area contributed by atoms with Crippen molar-refractivity contribution in [3.05, 3.63) is 54.1 Å². The molecule has 0 unspecified atom stereocenters. The zero-order valence-electron chi connectivity index (χ0n) is 9.45. The van der Waals surface area contributed by atoms with Crippen molar-refractivity contribution in [2.45, 2.75) is 11.8 Å². The van der Waals surface area contributed by atoms with Crippen LogP contribution in [-0.4, -0.2) is 14.6 Å². The smallest absolute Gasteiger partial charge is 0.199 e. The Kier molecular flexibility index (Phi) is 3.24. The maximum atomic E-state index is 11.9. The van der Waals surface area contributed by atoms with Gasteiger partial charge in [0.1, 0.15) is 0 Å². The van der Waals surface area contributed by atoms with Crippen LogP contribution in [-0.2, 0) is 10.0 Å². The second-order valence-electron chi connectivity index (χ2n) is 3.89. The van der Waals surface area contributed by atoms with Crippen LogP contribution in [0.15, 0.2) is 57.9 Å². The second-order valence-corrected chi connectivity index (χ2v) is 5.52. The van der Waals surface area contributed by atoms with Crippen molar-refractivity contribution in [1.82, 2.24) is 0 Å². The van der Waals surface area contributed by atoms with Gasteiger partial charge in [-0.15, -0.1) is 0 Å². The highest BCUT2D eigenvalue weighted by Gasteiger charge is 2.11. The lowest BCUT2D eigenvalue weighted by molar-refractivity contribution is 0.598. The van der Waals surface area contributed by atoms with E-state index in [1.165, 1.54) is 6.21 Å². The van der Waals surface area contributed by atoms with E-state index in [1.54, 1.807) is 24.3 Å². The summed E-state index contributed by atoms with van der Waals surface area (Å²) in [5, 5.41) is 0. The minimum atomic E-state index is -3.56. The highest BCUT2D eigenvalue weighted by atomic mass is 32.2. The second kappa shape index (κ2) is 4.67. The first-order valence-electron chi connectivity index (χ1n) is 5.30. The van der Waals surface area contributed by atoms with E-state index in [0.29, 0.717) is 0 Å². The molecule has 1 aromatic rings. The van der Waals surface area contributed by atoms with Crippen LogP contribution < -0.4 is 0 Å². The molecule has 3 nitrogen and oxygen atoms in total. The van der Waals surface area contributed by atoms with Crippen molar-refractivity contribution in [1.29, 1.82) is 0 Å². The molecule has 1 aromatic carbocycles. The summed E-state index contributed by atoms with van der Waals surface area (Å²) in [6, 6.07) is 6.67. The van der Waals surface area contributed by atoms with E-state index < -0.39 is 10.0 Å². The summed E-state index contributed by atoms with van der Waals surface area (Å²) in [4.78, 5) is 0.227. The number of sulfonamides is 1. The summed E-state index contributed by atoms with van der Waals surface area (Å²) in [5.41, 5.74) is 1.02. The molecule has 0 radical (unpaired) electrons. The van der Waals surface area contributed by atoms with Gasteiger partial charge in [0.2, 0.25) is 0 Å². The molecule has 2 rings (SSSR count). The summed E-state index contributed by atoms with van der Waals surface area (Å²) < 4.78 is 27.4. The Labute approximate surface area is 101 Å². The van der Waals surface area contributed by atoms with E-state index in [0.717, 1.165) is 5.56 Å². The first-order valence-corrected chi connectivity index (χ1v) is 6.74. The fraction of sp³-hybridized carbons (Fsp3) is 0.154. The van der Waals surface area contributed by atoms with E-state index in [1.807, 2.05) is 31.2 Å². The van der Waals surface area contributed by atoms with Gasteiger partial charge < -0.3 is 0 Å². The molecule has 0 bridgehead atoms. The normalized spacial score (nSPS) is 16.1. The molecule has 4 heteroatoms. The third kappa shape index (κ3) is 2.91. The molecule has 0 heterocycles. The van der Waals surface area contributed by atoms with Crippen LogP contribution in [0.25, 0.3) is 0 Å². The molecular formula is C13H13NO2S. The largest absolute Gasteiger partial charge is 0.281 e. The van der Waals surface area contributed by atoms with Crippen molar-refractivity contribution >= 4 is 16.2 Å². The standard InChI is InChI=1S/C13H13NO2S/c1-11-6-8-13(9-7-11)17(15,16)14-10-12-4-2-3-5-12/h2-10,12H,1H3/b14-10+. The number of allylic oxidation sites excluding steroid dienone is 4. The van der Waals surface area contributed by atoms with Gasteiger partial charge in [0, 0.05) is 12.1 Å². The van der Waals surface area contributed by atoms with Crippen molar-refractivity contribution in [2.75, 3.05) is 0 Å². The zero-order chi connectivity index (χ0) is 12.3. The highest BCUT2D eigenvalue weighted by Crippen LogP contribution is 2.14. The van der Waals surface area contributed by atoms with Crippen LogP contribution in [0.2, 0.25) is 0 Å². The van der Waals surface area contributed by atoms with E-state index in [4.69, 9.17) is 0 Å². The van der Waals surface area contributed by atoms with Crippen molar-refractivity contribution in [2.24, 2.45) is 10.3 Å². The van der Waals surface area contributed by atoms with Gasteiger partial charge in [-0.1, -0.05) is 42.0 Å². The van der Waals surface area contributed by atoms with Gasteiger partial charge in [0.05, 0.1) is 4.90 Å². The topological polar surface area (TPSA) is 46.5 Å². The lowest BCUT2D eigenvalue weighted by Gasteiger charge is -2.00. The predicted octanol–water partition coefficient (Wildman–Crippen LogP) is 2.50. The molecule has 88 valence electrons. The fourth-order valence-electron chi connectivity index (χ4n) is 1.47. The van der Waals surface area contributed by atoms with Crippen molar-refractivity contribution < 1.29 is 8.42 Å². The summed E-state index contributed by atoms with van der Waals surface area (Å²) in [7, 11) is -3.56. The van der Waals surface area contributed by atoms with Crippen LogP contribution in [0.1, 0.15) is 5.56 Å². The molecule has 0 saturated heterocycles. The highest BCUT2D eigenvalue weighted by molar-refractivity contribution is 7.90. The number of hydrogen-bond acceptors (Lipinski definition) is 2. The minimum absolute atomic E-state index is 0.0183. The van der Waals surface area contributed by atoms with Gasteiger partial charge in [-0.3, -0.25) is 0 Å². The maximum absolute atomic E-state index is 11.9. The van der Waals surface area contributed by atoms with Crippen LogP contribution >= 0.6 is 0 Å². The van der Waals surface area contributed by atoms with Gasteiger partial charge in [-0.2, -0.15) is 12.8 Å². The van der Waals surface area contributed by atoms with E-state index in [2.05, 4.69) is 4.40 Å². The van der Waals surface area contributed by atoms with Gasteiger partial charge >= 0.3 is 0 Å². The Morgan fingerprint density at radius 1 is 1.12 bits per heavy atom. The van der Waals surface area contributed by atoms with E-state index in [9.17, 15) is 8.42 Å². The predicted molar refractivity (Wildman–Crippen MR) is 68.6 cm³/mol. The van der Waals surface area contributed by atoms with Gasteiger partial charge in [-0.05, 0) is 19.1 Å². The minimum Gasteiger partial charge on any atom is -0.199 e. The quantitative estimate of drug-likeness (QED) is 0.770. The van der Waals surface area contributed by atoms with Crippen LogP contribution in [0.5, 0.6) is 0 Å². The SMILES string of the molecule is Cc1ccc(S(=O)(=O)/N=C/C2C=CC=C2)cc1. The number of hydrogen-bond donors (Lipinski definition) is 0. The third-order valence-corrected chi connectivity index (χ3v) is 3.74. The van der Waals surface area contributed by atoms with Gasteiger partial charge in [-0.25, -0.2) is 0 Å². The number of aryl methyl sites for hydroxylation is 1. The third-order valence-electron chi connectivity index (χ3n) is 2.47. The Balaban J connectivity index is 2.21. The molecule has 0 amide bonds. The molecule has 0 spiro atoms. The Morgan fingerprint density at radius 3 is 2.29 bits per heavy atom. The molecule has 0 fully saturated rings. The summed E-state index contributed by atoms with van der Waals surface area (Å²) >= 11 is 0. The maximum Gasteiger partial charge on any atom is 0.281 e. The van der Waals surface area contributed by atoms with Crippen LogP contribution in [0.3, 0.4) is 0 Å². The van der Waals surface area contributed by atoms with E-state index >= 15 is 0 Å². The summed E-state index contributed by atoms with van der Waals surface area (Å²) in [6.45, 7) is 1.91. The molecule has 0 aliphatic heterocycles. The molecule has 17 heavy (non-hydrogen) atoms. The van der Waals surface area contributed by atoms with Crippen LogP contribution in [0, 0.1) is 12.8 Å². The Morgan fingerprint density at radius 2 is 1.71 bits per heavy atom. The van der Waals surface area contributed by atoms with Crippen molar-refractivity contribution in [3.8, 4) is 0 Å². The monoisotopic (exact) mass is 247 g/mol. The number of benzene rings is 1. The summed E-state index contributed by atoms with van der Waals surface area (Å²) in [5.74, 6) is -0.0183. The fourth-order valence-corrected chi connectivity index (χ4v) is 2.37. The first kappa shape index (κ1) is 11.8. The van der Waals surface area contributed by atoms with Gasteiger partial charge in [0.25, 0.3) is 10.0 Å². The Hall–Kier alpha value is -1.68. The molecule has 1 aliphatic rings. The molecule has 0 N–H and O–H groups in total. The molecule has 1 aliphatic carbocycles. The molecule has 0 atom stereocenters. The lowest BCUT2D eigenvalue weighted by atomic mass is 10.2. The zero-order valence-corrected chi connectivity index (χ0v) is 10.3. The number of rotatable bonds is 3. The van der Waals surface area contributed by atoms with Gasteiger partial charge in [0.15, 0.2) is 0 Å².